The van der Waals surface area contributed by atoms with E-state index in [0.717, 1.165) is 60.2 Å². The lowest BCUT2D eigenvalue weighted by atomic mass is 10.3. The number of thioether (sulfide) groups is 1. The molecule has 2 aromatic carbocycles. The van der Waals surface area contributed by atoms with Crippen LogP contribution in [0.5, 0.6) is 0 Å². The summed E-state index contributed by atoms with van der Waals surface area (Å²) in [6.07, 6.45) is 4.35. The lowest BCUT2D eigenvalue weighted by Gasteiger charge is -2.11. The van der Waals surface area contributed by atoms with Crippen LogP contribution >= 0.6 is 11.8 Å². The number of hydrogen-bond donors (Lipinski definition) is 1. The van der Waals surface area contributed by atoms with E-state index in [1.54, 1.807) is 30.0 Å². The molecule has 1 aliphatic carbocycles. The van der Waals surface area contributed by atoms with Crippen molar-refractivity contribution in [3.63, 3.8) is 0 Å². The van der Waals surface area contributed by atoms with E-state index in [4.69, 9.17) is 10.1 Å². The van der Waals surface area contributed by atoms with Gasteiger partial charge in [-0.2, -0.15) is 0 Å². The minimum absolute atomic E-state index is 0.0761. The first-order valence-electron chi connectivity index (χ1n) is 11.1. The van der Waals surface area contributed by atoms with Crippen molar-refractivity contribution >= 4 is 32.8 Å². The zero-order chi connectivity index (χ0) is 23.0. The zero-order valence-electron chi connectivity index (χ0n) is 18.4. The molecule has 172 valence electrons. The van der Waals surface area contributed by atoms with Gasteiger partial charge in [-0.05, 0) is 49.6 Å². The van der Waals surface area contributed by atoms with E-state index >= 15 is 0 Å². The highest BCUT2D eigenvalue weighted by molar-refractivity contribution is 7.98. The Bertz CT molecular complexity index is 1390. The topological polar surface area (TPSA) is 109 Å². The lowest BCUT2D eigenvalue weighted by Crippen LogP contribution is -2.11. The Morgan fingerprint density at radius 2 is 1.91 bits per heavy atom. The second-order valence-electron chi connectivity index (χ2n) is 8.30. The Kier molecular flexibility index (Phi) is 5.98. The highest BCUT2D eigenvalue weighted by Crippen LogP contribution is 2.41. The number of benzene rings is 2. The normalized spacial score (nSPS) is 14.2. The van der Waals surface area contributed by atoms with E-state index in [-0.39, 0.29) is 4.90 Å². The third-order valence-corrected chi connectivity index (χ3v) is 7.64. The smallest absolute Gasteiger partial charge is 0.238 e. The largest absolute Gasteiger partial charge is 0.327 e. The van der Waals surface area contributed by atoms with Crippen LogP contribution in [-0.4, -0.2) is 32.7 Å². The van der Waals surface area contributed by atoms with Crippen LogP contribution in [-0.2, 0) is 22.3 Å². The van der Waals surface area contributed by atoms with Gasteiger partial charge in [-0.3, -0.25) is 4.57 Å². The quantitative estimate of drug-likeness (QED) is 0.358. The van der Waals surface area contributed by atoms with Gasteiger partial charge >= 0.3 is 0 Å². The van der Waals surface area contributed by atoms with Crippen LogP contribution in [0.4, 0.5) is 0 Å². The third-order valence-electron chi connectivity index (χ3n) is 5.81. The standard InChI is InChI=1S/C23H26N6O2S2/c1-2-3-13-28-20-12-11-18(33(24,30)31)14-19(20)25-21(28)15-32-23-27-26-22(16-9-10-16)29(23)17-7-5-4-6-8-17/h4-8,11-12,14,16H,2-3,9-10,13,15H2,1H3,(H2,24,30,31). The molecule has 0 amide bonds. The molecular formula is C23H26N6O2S2. The summed E-state index contributed by atoms with van der Waals surface area (Å²) in [5.41, 5.74) is 2.61. The second kappa shape index (κ2) is 8.92. The van der Waals surface area contributed by atoms with Crippen LogP contribution in [0.2, 0.25) is 0 Å². The Balaban J connectivity index is 1.49. The number of imidazole rings is 1. The van der Waals surface area contributed by atoms with Gasteiger partial charge < -0.3 is 4.57 Å². The van der Waals surface area contributed by atoms with Gasteiger partial charge in [-0.25, -0.2) is 18.5 Å². The van der Waals surface area contributed by atoms with Crippen molar-refractivity contribution in [2.45, 2.75) is 60.9 Å². The van der Waals surface area contributed by atoms with Crippen LogP contribution < -0.4 is 5.14 Å². The van der Waals surface area contributed by atoms with Gasteiger partial charge in [0, 0.05) is 18.2 Å². The molecule has 1 saturated carbocycles. The van der Waals surface area contributed by atoms with E-state index in [1.807, 2.05) is 18.2 Å². The molecule has 0 radical (unpaired) electrons. The molecule has 0 atom stereocenters. The van der Waals surface area contributed by atoms with Gasteiger partial charge in [0.05, 0.1) is 21.7 Å². The van der Waals surface area contributed by atoms with Gasteiger partial charge in [-0.1, -0.05) is 43.3 Å². The number of aromatic nitrogens is 5. The van der Waals surface area contributed by atoms with E-state index in [9.17, 15) is 8.42 Å². The first-order valence-corrected chi connectivity index (χ1v) is 13.6. The number of primary sulfonamides is 1. The molecule has 4 aromatic rings. The first-order chi connectivity index (χ1) is 16.0. The summed E-state index contributed by atoms with van der Waals surface area (Å²) in [4.78, 5) is 4.85. The maximum Gasteiger partial charge on any atom is 0.238 e. The van der Waals surface area contributed by atoms with Gasteiger partial charge in [-0.15, -0.1) is 10.2 Å². The van der Waals surface area contributed by atoms with Crippen LogP contribution in [0.15, 0.2) is 58.6 Å². The van der Waals surface area contributed by atoms with Crippen LogP contribution in [0, 0.1) is 0 Å². The van der Waals surface area contributed by atoms with Crippen molar-refractivity contribution in [1.82, 2.24) is 24.3 Å². The molecule has 0 bridgehead atoms. The van der Waals surface area contributed by atoms with Crippen molar-refractivity contribution in [2.75, 3.05) is 0 Å². The number of unbranched alkanes of at least 4 members (excludes halogenated alkanes) is 1. The highest BCUT2D eigenvalue weighted by atomic mass is 32.2. The molecule has 8 nitrogen and oxygen atoms in total. The maximum absolute atomic E-state index is 11.8. The predicted octanol–water partition coefficient (Wildman–Crippen LogP) is 4.23. The summed E-state index contributed by atoms with van der Waals surface area (Å²) in [7, 11) is -3.78. The fourth-order valence-electron chi connectivity index (χ4n) is 3.94. The molecule has 10 heteroatoms. The molecule has 0 aliphatic heterocycles. The molecule has 0 spiro atoms. The summed E-state index contributed by atoms with van der Waals surface area (Å²) >= 11 is 1.60. The van der Waals surface area contributed by atoms with E-state index < -0.39 is 10.0 Å². The maximum atomic E-state index is 11.8. The summed E-state index contributed by atoms with van der Waals surface area (Å²) in [6, 6.07) is 15.1. The number of sulfonamides is 1. The molecule has 2 aromatic heterocycles. The van der Waals surface area contributed by atoms with Crippen molar-refractivity contribution in [1.29, 1.82) is 0 Å². The minimum atomic E-state index is -3.78. The van der Waals surface area contributed by atoms with Crippen LogP contribution in [0.1, 0.15) is 50.2 Å². The average molecular weight is 483 g/mol. The first kappa shape index (κ1) is 22.1. The fraction of sp³-hybridized carbons (Fsp3) is 0.348. The highest BCUT2D eigenvalue weighted by Gasteiger charge is 2.31. The summed E-state index contributed by atoms with van der Waals surface area (Å²) in [6.45, 7) is 2.96. The van der Waals surface area contributed by atoms with Crippen molar-refractivity contribution in [2.24, 2.45) is 5.14 Å². The number of hydrogen-bond acceptors (Lipinski definition) is 6. The second-order valence-corrected chi connectivity index (χ2v) is 10.8. The van der Waals surface area contributed by atoms with Gasteiger partial charge in [0.1, 0.15) is 11.6 Å². The molecule has 0 saturated heterocycles. The molecular weight excluding hydrogens is 456 g/mol. The molecule has 1 fully saturated rings. The van der Waals surface area contributed by atoms with Crippen LogP contribution in [0.25, 0.3) is 16.7 Å². The number of aryl methyl sites for hydroxylation is 1. The summed E-state index contributed by atoms with van der Waals surface area (Å²) < 4.78 is 27.9. The van der Waals surface area contributed by atoms with Gasteiger partial charge in [0.2, 0.25) is 10.0 Å². The molecule has 33 heavy (non-hydrogen) atoms. The van der Waals surface area contributed by atoms with Crippen molar-refractivity contribution in [3.8, 4) is 5.69 Å². The average Bonchev–Trinajstić information content (AvgIpc) is 3.47. The SMILES string of the molecule is CCCCn1c(CSc2nnc(C3CC3)n2-c2ccccc2)nc2cc(S(N)(=O)=O)ccc21. The Labute approximate surface area is 197 Å². The van der Waals surface area contributed by atoms with Crippen molar-refractivity contribution < 1.29 is 8.42 Å². The fourth-order valence-corrected chi connectivity index (χ4v) is 5.38. The monoisotopic (exact) mass is 482 g/mol. The lowest BCUT2D eigenvalue weighted by molar-refractivity contribution is 0.598. The molecule has 2 N–H and O–H groups in total. The number of nitrogens with zero attached hydrogens (tertiary/aromatic N) is 5. The number of nitrogens with two attached hydrogens (primary N) is 1. The number of fused-ring (bicyclic) bond motifs is 1. The number of para-hydroxylation sites is 1. The molecule has 5 rings (SSSR count). The third kappa shape index (κ3) is 4.55. The molecule has 2 heterocycles. The molecule has 0 unspecified atom stereocenters. The molecule has 1 aliphatic rings. The Morgan fingerprint density at radius 1 is 1.12 bits per heavy atom. The van der Waals surface area contributed by atoms with Gasteiger partial charge in [0.25, 0.3) is 0 Å². The Morgan fingerprint density at radius 3 is 2.61 bits per heavy atom. The van der Waals surface area contributed by atoms with E-state index in [0.29, 0.717) is 17.2 Å². The van der Waals surface area contributed by atoms with Crippen molar-refractivity contribution in [3.05, 3.63) is 60.2 Å². The van der Waals surface area contributed by atoms with Gasteiger partial charge in [0.15, 0.2) is 5.16 Å². The van der Waals surface area contributed by atoms with Crippen LogP contribution in [0.3, 0.4) is 0 Å². The summed E-state index contributed by atoms with van der Waals surface area (Å²) in [5, 5.41) is 15.2. The predicted molar refractivity (Wildman–Crippen MR) is 129 cm³/mol. The van der Waals surface area contributed by atoms with E-state index in [2.05, 4.69) is 38.4 Å². The Hall–Kier alpha value is -2.69. The zero-order valence-corrected chi connectivity index (χ0v) is 20.0. The number of rotatable bonds is 9. The van der Waals surface area contributed by atoms with E-state index in [1.165, 1.54) is 0 Å². The summed E-state index contributed by atoms with van der Waals surface area (Å²) in [5.74, 6) is 2.96. The minimum Gasteiger partial charge on any atom is -0.327 e.